The first kappa shape index (κ1) is 21.3. The number of aryl methyl sites for hydroxylation is 1. The zero-order valence-corrected chi connectivity index (χ0v) is 17.5. The minimum atomic E-state index is -4.54. The Morgan fingerprint density at radius 1 is 1.26 bits per heavy atom. The zero-order chi connectivity index (χ0) is 22.2. The number of benzene rings is 1. The number of hydrogen-bond donors (Lipinski definition) is 1. The minimum Gasteiger partial charge on any atom is -0.350 e. The second-order valence-electron chi connectivity index (χ2n) is 7.37. The lowest BCUT2D eigenvalue weighted by Gasteiger charge is -2.23. The van der Waals surface area contributed by atoms with Gasteiger partial charge in [0.25, 0.3) is 5.56 Å². The van der Waals surface area contributed by atoms with Crippen LogP contribution in [0.15, 0.2) is 35.1 Å². The van der Waals surface area contributed by atoms with Crippen LogP contribution in [0.3, 0.4) is 0 Å². The topological polar surface area (TPSA) is 80.1 Å². The van der Waals surface area contributed by atoms with Crippen LogP contribution >= 0.6 is 11.3 Å². The van der Waals surface area contributed by atoms with E-state index in [1.54, 1.807) is 4.90 Å². The van der Waals surface area contributed by atoms with Crippen LogP contribution in [0.25, 0.3) is 10.3 Å². The third kappa shape index (κ3) is 4.55. The second-order valence-corrected chi connectivity index (χ2v) is 8.33. The number of thiazole rings is 1. The van der Waals surface area contributed by atoms with E-state index in [2.05, 4.69) is 15.3 Å². The number of hydrogen-bond acceptors (Lipinski definition) is 6. The number of alkyl halides is 3. The number of amides is 1. The van der Waals surface area contributed by atoms with Gasteiger partial charge in [-0.1, -0.05) is 41.7 Å². The summed E-state index contributed by atoms with van der Waals surface area (Å²) in [4.78, 5) is 35.9. The van der Waals surface area contributed by atoms with E-state index in [0.29, 0.717) is 29.2 Å². The Labute approximate surface area is 179 Å². The maximum Gasteiger partial charge on any atom is 0.406 e. The van der Waals surface area contributed by atoms with E-state index >= 15 is 0 Å². The Morgan fingerprint density at radius 3 is 2.71 bits per heavy atom. The molecule has 1 atom stereocenters. The predicted octanol–water partition coefficient (Wildman–Crippen LogP) is 3.01. The lowest BCUT2D eigenvalue weighted by molar-refractivity contribution is -0.141. The van der Waals surface area contributed by atoms with Crippen LogP contribution in [0, 0.1) is 6.92 Å². The highest BCUT2D eigenvalue weighted by atomic mass is 32.1. The Balaban J connectivity index is 1.58. The van der Waals surface area contributed by atoms with Gasteiger partial charge in [0, 0.05) is 13.1 Å². The summed E-state index contributed by atoms with van der Waals surface area (Å²) in [5.41, 5.74) is 0.0436. The van der Waals surface area contributed by atoms with E-state index < -0.39 is 24.3 Å². The van der Waals surface area contributed by atoms with E-state index in [4.69, 9.17) is 0 Å². The van der Waals surface area contributed by atoms with Crippen molar-refractivity contribution in [3.63, 3.8) is 0 Å². The van der Waals surface area contributed by atoms with Crippen molar-refractivity contribution in [1.82, 2.24) is 19.9 Å². The molecule has 0 spiro atoms. The molecule has 1 saturated heterocycles. The van der Waals surface area contributed by atoms with Gasteiger partial charge >= 0.3 is 6.18 Å². The number of fused-ring (bicyclic) bond motifs is 1. The van der Waals surface area contributed by atoms with Crippen molar-refractivity contribution in [2.75, 3.05) is 11.4 Å². The Kier molecular flexibility index (Phi) is 5.69. The van der Waals surface area contributed by atoms with Gasteiger partial charge in [-0.15, -0.1) is 0 Å². The summed E-state index contributed by atoms with van der Waals surface area (Å²) in [7, 11) is 0. The molecule has 0 aliphatic carbocycles. The molecule has 0 radical (unpaired) electrons. The molecule has 2 aromatic heterocycles. The van der Waals surface area contributed by atoms with Gasteiger partial charge in [-0.2, -0.15) is 13.2 Å². The van der Waals surface area contributed by atoms with Crippen LogP contribution in [-0.4, -0.2) is 39.2 Å². The molecule has 1 fully saturated rings. The molecule has 0 bridgehead atoms. The van der Waals surface area contributed by atoms with Crippen LogP contribution in [0.4, 0.5) is 18.3 Å². The van der Waals surface area contributed by atoms with Gasteiger partial charge in [-0.05, 0) is 25.3 Å². The van der Waals surface area contributed by atoms with Gasteiger partial charge in [0.05, 0.1) is 0 Å². The number of aromatic nitrogens is 3. The molecule has 4 rings (SSSR count). The molecular weight excluding hydrogens is 431 g/mol. The van der Waals surface area contributed by atoms with Gasteiger partial charge in [0.2, 0.25) is 5.91 Å². The van der Waals surface area contributed by atoms with Crippen LogP contribution in [0.2, 0.25) is 0 Å². The molecule has 1 amide bonds. The fourth-order valence-electron chi connectivity index (χ4n) is 3.66. The Bertz CT molecular complexity index is 1160. The van der Waals surface area contributed by atoms with Crippen molar-refractivity contribution in [1.29, 1.82) is 0 Å². The SMILES string of the molecule is Cc1nc2sc(N3CCC[C@@H]3C(=O)NCc3ccccc3)nc2c(=O)n1CC(F)(F)F. The summed E-state index contributed by atoms with van der Waals surface area (Å²) in [5, 5.41) is 3.34. The molecule has 1 aliphatic heterocycles. The molecule has 0 unspecified atom stereocenters. The fourth-order valence-corrected chi connectivity index (χ4v) is 4.71. The summed E-state index contributed by atoms with van der Waals surface area (Å²) in [6, 6.07) is 9.06. The number of rotatable bonds is 5. The lowest BCUT2D eigenvalue weighted by atomic mass is 10.2. The van der Waals surface area contributed by atoms with Crippen molar-refractivity contribution in [2.24, 2.45) is 0 Å². The van der Waals surface area contributed by atoms with E-state index in [0.717, 1.165) is 23.3 Å². The van der Waals surface area contributed by atoms with Crippen LogP contribution < -0.4 is 15.8 Å². The normalized spacial score (nSPS) is 16.8. The number of carbonyl (C=O) groups excluding carboxylic acids is 1. The van der Waals surface area contributed by atoms with Gasteiger partial charge in [0.15, 0.2) is 15.5 Å². The maximum atomic E-state index is 12.8. The Hall–Kier alpha value is -2.95. The number of anilines is 1. The standard InChI is InChI=1S/C20H20F3N5O2S/c1-12-25-17-15(18(30)28(12)11-20(21,22)23)26-19(31-17)27-9-5-8-14(27)16(29)24-10-13-6-3-2-4-7-13/h2-4,6-7,14H,5,8-11H2,1H3,(H,24,29)/t14-/m1/s1. The molecule has 11 heteroatoms. The number of carbonyl (C=O) groups is 1. The smallest absolute Gasteiger partial charge is 0.350 e. The van der Waals surface area contributed by atoms with Crippen molar-refractivity contribution < 1.29 is 18.0 Å². The average Bonchev–Trinajstić information content (AvgIpc) is 3.36. The van der Waals surface area contributed by atoms with Gasteiger partial charge in [0.1, 0.15) is 18.4 Å². The highest BCUT2D eigenvalue weighted by Crippen LogP contribution is 2.32. The lowest BCUT2D eigenvalue weighted by Crippen LogP contribution is -2.43. The van der Waals surface area contributed by atoms with Gasteiger partial charge < -0.3 is 10.2 Å². The van der Waals surface area contributed by atoms with Crippen LogP contribution in [0.1, 0.15) is 24.2 Å². The monoisotopic (exact) mass is 451 g/mol. The largest absolute Gasteiger partial charge is 0.406 e. The first-order valence-corrected chi connectivity index (χ1v) is 10.6. The summed E-state index contributed by atoms with van der Waals surface area (Å²) in [6.45, 7) is 0.912. The van der Waals surface area contributed by atoms with Crippen molar-refractivity contribution >= 4 is 32.7 Å². The molecule has 3 heterocycles. The molecule has 164 valence electrons. The quantitative estimate of drug-likeness (QED) is 0.645. The highest BCUT2D eigenvalue weighted by molar-refractivity contribution is 7.21. The van der Waals surface area contributed by atoms with Crippen molar-refractivity contribution in [3.8, 4) is 0 Å². The number of halogens is 3. The minimum absolute atomic E-state index is 0.0244. The van der Waals surface area contributed by atoms with Crippen molar-refractivity contribution in [3.05, 3.63) is 52.1 Å². The molecule has 0 saturated carbocycles. The molecule has 1 aliphatic rings. The third-order valence-electron chi connectivity index (χ3n) is 5.15. The molecule has 7 nitrogen and oxygen atoms in total. The van der Waals surface area contributed by atoms with Crippen LogP contribution in [0.5, 0.6) is 0 Å². The number of nitrogens with one attached hydrogen (secondary N) is 1. The van der Waals surface area contributed by atoms with Gasteiger partial charge in [-0.25, -0.2) is 9.97 Å². The maximum absolute atomic E-state index is 12.8. The van der Waals surface area contributed by atoms with E-state index in [1.807, 2.05) is 30.3 Å². The average molecular weight is 451 g/mol. The highest BCUT2D eigenvalue weighted by Gasteiger charge is 2.34. The van der Waals surface area contributed by atoms with E-state index in [1.165, 1.54) is 6.92 Å². The van der Waals surface area contributed by atoms with E-state index in [-0.39, 0.29) is 22.1 Å². The van der Waals surface area contributed by atoms with Gasteiger partial charge in [-0.3, -0.25) is 14.2 Å². The number of nitrogens with zero attached hydrogens (tertiary/aromatic N) is 4. The first-order chi connectivity index (χ1) is 14.7. The molecular formula is C20H20F3N5O2S. The van der Waals surface area contributed by atoms with E-state index in [9.17, 15) is 22.8 Å². The Morgan fingerprint density at radius 2 is 2.00 bits per heavy atom. The molecule has 1 N–H and O–H groups in total. The molecule has 1 aromatic carbocycles. The fraction of sp³-hybridized carbons (Fsp3) is 0.400. The van der Waals surface area contributed by atoms with Crippen LogP contribution in [-0.2, 0) is 17.9 Å². The summed E-state index contributed by atoms with van der Waals surface area (Å²) >= 11 is 1.11. The molecule has 3 aromatic rings. The van der Waals surface area contributed by atoms with Crippen molar-refractivity contribution in [2.45, 2.75) is 45.1 Å². The summed E-state index contributed by atoms with van der Waals surface area (Å²) in [6.07, 6.45) is -3.15. The summed E-state index contributed by atoms with van der Waals surface area (Å²) in [5.74, 6) is -0.178. The summed E-state index contributed by atoms with van der Waals surface area (Å²) < 4.78 is 39.1. The third-order valence-corrected chi connectivity index (χ3v) is 6.13. The second kappa shape index (κ2) is 8.29. The zero-order valence-electron chi connectivity index (χ0n) is 16.6. The predicted molar refractivity (Wildman–Crippen MR) is 111 cm³/mol. The molecule has 31 heavy (non-hydrogen) atoms. The first-order valence-electron chi connectivity index (χ1n) is 9.76.